The van der Waals surface area contributed by atoms with Crippen LogP contribution in [0.1, 0.15) is 6.42 Å². The van der Waals surface area contributed by atoms with Gasteiger partial charge >= 0.3 is 0 Å². The van der Waals surface area contributed by atoms with Crippen molar-refractivity contribution in [1.82, 2.24) is 4.90 Å². The van der Waals surface area contributed by atoms with Gasteiger partial charge in [-0.2, -0.15) is 0 Å². The van der Waals surface area contributed by atoms with Crippen LogP contribution in [-0.2, 0) is 0 Å². The molecule has 0 bridgehead atoms. The zero-order chi connectivity index (χ0) is 6.97. The van der Waals surface area contributed by atoms with E-state index in [4.69, 9.17) is 11.6 Å². The van der Waals surface area contributed by atoms with Crippen molar-refractivity contribution in [2.45, 2.75) is 6.42 Å². The van der Waals surface area contributed by atoms with E-state index in [1.165, 1.54) is 5.70 Å². The lowest BCUT2D eigenvalue weighted by Gasteiger charge is -2.16. The molecule has 2 rings (SSSR count). The minimum atomic E-state index is 0.574. The van der Waals surface area contributed by atoms with Crippen molar-refractivity contribution in [1.29, 1.82) is 0 Å². The lowest BCUT2D eigenvalue weighted by atomic mass is 10.4. The molecule has 2 aliphatic rings. The minimum absolute atomic E-state index is 0.574. The van der Waals surface area contributed by atoms with Gasteiger partial charge in [-0.25, -0.2) is 4.99 Å². The minimum Gasteiger partial charge on any atom is -0.332 e. The second kappa shape index (κ2) is 2.13. The molecule has 10 heavy (non-hydrogen) atoms. The average molecular weight is 155 g/mol. The van der Waals surface area contributed by atoms with Crippen LogP contribution in [0.4, 0.5) is 0 Å². The molecule has 0 amide bonds. The molecule has 0 saturated heterocycles. The molecule has 0 spiro atoms. The fraction of sp³-hybridized carbons (Fsp3) is 0.286. The monoisotopic (exact) mass is 154 g/mol. The number of hydrogen-bond acceptors (Lipinski definition) is 2. The van der Waals surface area contributed by atoms with Crippen molar-refractivity contribution in [2.75, 3.05) is 6.54 Å². The van der Waals surface area contributed by atoms with E-state index in [1.807, 2.05) is 6.08 Å². The van der Waals surface area contributed by atoms with Crippen LogP contribution in [0.25, 0.3) is 0 Å². The van der Waals surface area contributed by atoms with Crippen molar-refractivity contribution in [2.24, 2.45) is 4.99 Å². The van der Waals surface area contributed by atoms with Crippen LogP contribution < -0.4 is 0 Å². The first-order valence-corrected chi connectivity index (χ1v) is 3.62. The molecule has 0 saturated carbocycles. The van der Waals surface area contributed by atoms with E-state index in [0.29, 0.717) is 5.16 Å². The Morgan fingerprint density at radius 1 is 1.60 bits per heavy atom. The summed E-state index contributed by atoms with van der Waals surface area (Å²) < 4.78 is 0. The highest BCUT2D eigenvalue weighted by atomic mass is 35.5. The van der Waals surface area contributed by atoms with Crippen molar-refractivity contribution in [3.8, 4) is 0 Å². The Morgan fingerprint density at radius 3 is 3.40 bits per heavy atom. The van der Waals surface area contributed by atoms with Crippen molar-refractivity contribution in [3.63, 3.8) is 0 Å². The maximum absolute atomic E-state index is 5.68. The highest BCUT2D eigenvalue weighted by Crippen LogP contribution is 2.21. The molecular formula is C7H7ClN2. The smallest absolute Gasteiger partial charge is 0.132 e. The van der Waals surface area contributed by atoms with Gasteiger partial charge in [-0.1, -0.05) is 17.7 Å². The second-order valence-electron chi connectivity index (χ2n) is 2.32. The molecule has 0 N–H and O–H groups in total. The summed E-state index contributed by atoms with van der Waals surface area (Å²) in [5.74, 6) is 0. The number of allylic oxidation sites excluding steroid dienone is 1. The standard InChI is InChI=1S/C7H7ClN2/c8-7-4-6-2-1-3-10(6)5-9-7/h2,4-5H,1,3H2. The van der Waals surface area contributed by atoms with E-state index >= 15 is 0 Å². The highest BCUT2D eigenvalue weighted by molar-refractivity contribution is 6.30. The van der Waals surface area contributed by atoms with Crippen LogP contribution in [0, 0.1) is 0 Å². The number of aliphatic imine (C=N–C) groups is 1. The number of hydrogen-bond donors (Lipinski definition) is 0. The summed E-state index contributed by atoms with van der Waals surface area (Å²) in [6.07, 6.45) is 6.92. The van der Waals surface area contributed by atoms with Crippen LogP contribution in [0.2, 0.25) is 0 Å². The lowest BCUT2D eigenvalue weighted by Crippen LogP contribution is -2.18. The van der Waals surface area contributed by atoms with Gasteiger partial charge in [0.2, 0.25) is 0 Å². The Morgan fingerprint density at radius 2 is 2.50 bits per heavy atom. The highest BCUT2D eigenvalue weighted by Gasteiger charge is 2.13. The van der Waals surface area contributed by atoms with E-state index in [9.17, 15) is 0 Å². The summed E-state index contributed by atoms with van der Waals surface area (Å²) in [6, 6.07) is 0. The third-order valence-corrected chi connectivity index (χ3v) is 1.85. The first-order valence-electron chi connectivity index (χ1n) is 3.24. The topological polar surface area (TPSA) is 15.6 Å². The van der Waals surface area contributed by atoms with Gasteiger partial charge in [0.1, 0.15) is 5.16 Å². The van der Waals surface area contributed by atoms with Gasteiger partial charge in [-0.15, -0.1) is 0 Å². The lowest BCUT2D eigenvalue weighted by molar-refractivity contribution is 0.586. The average Bonchev–Trinajstić information content (AvgIpc) is 2.33. The van der Waals surface area contributed by atoms with Gasteiger partial charge in [0.05, 0.1) is 6.34 Å². The molecule has 0 aromatic heterocycles. The van der Waals surface area contributed by atoms with Crippen LogP contribution in [0.15, 0.2) is 28.0 Å². The van der Waals surface area contributed by atoms with Gasteiger partial charge in [-0.3, -0.25) is 0 Å². The number of halogens is 1. The van der Waals surface area contributed by atoms with E-state index in [-0.39, 0.29) is 0 Å². The van der Waals surface area contributed by atoms with Crippen LogP contribution in [0.3, 0.4) is 0 Å². The fourth-order valence-corrected chi connectivity index (χ4v) is 1.30. The van der Waals surface area contributed by atoms with Crippen molar-refractivity contribution >= 4 is 17.9 Å². The van der Waals surface area contributed by atoms with E-state index in [1.54, 1.807) is 6.34 Å². The maximum Gasteiger partial charge on any atom is 0.132 e. The summed E-state index contributed by atoms with van der Waals surface area (Å²) in [7, 11) is 0. The van der Waals surface area contributed by atoms with Crippen LogP contribution in [0.5, 0.6) is 0 Å². The molecule has 2 nitrogen and oxygen atoms in total. The van der Waals surface area contributed by atoms with Gasteiger partial charge < -0.3 is 4.90 Å². The molecule has 2 heterocycles. The third-order valence-electron chi connectivity index (χ3n) is 1.64. The van der Waals surface area contributed by atoms with E-state index in [2.05, 4.69) is 16.0 Å². The molecular weight excluding hydrogens is 148 g/mol. The molecule has 52 valence electrons. The Labute approximate surface area is 64.5 Å². The Hall–Kier alpha value is -0.760. The summed E-state index contributed by atoms with van der Waals surface area (Å²) in [5, 5.41) is 0.574. The number of fused-ring (bicyclic) bond motifs is 1. The van der Waals surface area contributed by atoms with Crippen molar-refractivity contribution in [3.05, 3.63) is 23.0 Å². The second-order valence-corrected chi connectivity index (χ2v) is 2.71. The molecule has 0 radical (unpaired) electrons. The Kier molecular flexibility index (Phi) is 1.27. The molecule has 0 fully saturated rings. The van der Waals surface area contributed by atoms with E-state index < -0.39 is 0 Å². The van der Waals surface area contributed by atoms with Gasteiger partial charge in [0.15, 0.2) is 0 Å². The molecule has 0 atom stereocenters. The Balaban J connectivity index is 2.34. The van der Waals surface area contributed by atoms with Gasteiger partial charge in [0, 0.05) is 12.2 Å². The maximum atomic E-state index is 5.68. The summed E-state index contributed by atoms with van der Waals surface area (Å²) >= 11 is 5.68. The summed E-state index contributed by atoms with van der Waals surface area (Å²) in [4.78, 5) is 6.05. The van der Waals surface area contributed by atoms with Crippen molar-refractivity contribution < 1.29 is 0 Å². The molecule has 0 unspecified atom stereocenters. The Bertz CT molecular complexity index is 240. The fourth-order valence-electron chi connectivity index (χ4n) is 1.15. The normalized spacial score (nSPS) is 22.3. The quantitative estimate of drug-likeness (QED) is 0.485. The molecule has 2 aliphatic heterocycles. The predicted octanol–water partition coefficient (Wildman–Crippen LogP) is 1.70. The first-order chi connectivity index (χ1) is 4.86. The van der Waals surface area contributed by atoms with Gasteiger partial charge in [-0.05, 0) is 12.5 Å². The van der Waals surface area contributed by atoms with E-state index in [0.717, 1.165) is 13.0 Å². The summed E-state index contributed by atoms with van der Waals surface area (Å²) in [5.41, 5.74) is 1.18. The third kappa shape index (κ3) is 0.847. The number of rotatable bonds is 0. The molecule has 0 aromatic rings. The molecule has 0 aliphatic carbocycles. The first kappa shape index (κ1) is 5.98. The zero-order valence-electron chi connectivity index (χ0n) is 5.42. The molecule has 3 heteroatoms. The van der Waals surface area contributed by atoms with Crippen LogP contribution >= 0.6 is 11.6 Å². The summed E-state index contributed by atoms with van der Waals surface area (Å²) in [6.45, 7) is 1.04. The number of nitrogens with zero attached hydrogens (tertiary/aromatic N) is 2. The largest absolute Gasteiger partial charge is 0.332 e. The molecule has 0 aromatic carbocycles. The zero-order valence-corrected chi connectivity index (χ0v) is 6.17. The van der Waals surface area contributed by atoms with Gasteiger partial charge in [0.25, 0.3) is 0 Å². The van der Waals surface area contributed by atoms with Crippen LogP contribution in [-0.4, -0.2) is 17.8 Å². The SMILES string of the molecule is ClC1=CC2=CCCN2C=N1. The predicted molar refractivity (Wildman–Crippen MR) is 41.8 cm³/mol.